The molecule has 0 heterocycles. The number of halogens is 4. The summed E-state index contributed by atoms with van der Waals surface area (Å²) in [7, 11) is 0. The van der Waals surface area contributed by atoms with Crippen LogP contribution in [0.2, 0.25) is 0 Å². The molecule has 0 saturated heterocycles. The molecule has 0 bridgehead atoms. The molecule has 0 aliphatic heterocycles. The van der Waals surface area contributed by atoms with Crippen molar-refractivity contribution in [3.63, 3.8) is 0 Å². The van der Waals surface area contributed by atoms with Crippen LogP contribution in [-0.4, -0.2) is 12.1 Å². The van der Waals surface area contributed by atoms with Gasteiger partial charge >= 0.3 is 6.18 Å². The van der Waals surface area contributed by atoms with E-state index in [9.17, 15) is 22.4 Å². The summed E-state index contributed by atoms with van der Waals surface area (Å²) >= 11 is 0. The van der Waals surface area contributed by atoms with Gasteiger partial charge in [-0.05, 0) is 36.8 Å². The number of rotatable bonds is 4. The van der Waals surface area contributed by atoms with Crippen molar-refractivity contribution in [1.82, 2.24) is 0 Å². The van der Waals surface area contributed by atoms with Gasteiger partial charge in [-0.3, -0.25) is 4.79 Å². The zero-order chi connectivity index (χ0) is 17.1. The number of carbonyl (C=O) groups excluding carboxylic acids is 1. The Kier molecular flexibility index (Phi) is 4.73. The fraction of sp³-hybridized carbons (Fsp3) is 0.235. The Bertz CT molecular complexity index is 667. The Morgan fingerprint density at radius 3 is 2.09 bits per heavy atom. The number of anilines is 1. The van der Waals surface area contributed by atoms with Gasteiger partial charge in [0.1, 0.15) is 5.82 Å². The maximum Gasteiger partial charge on any atom is 0.390 e. The highest BCUT2D eigenvalue weighted by Gasteiger charge is 2.45. The Balaban J connectivity index is 2.36. The largest absolute Gasteiger partial charge is 0.390 e. The summed E-state index contributed by atoms with van der Waals surface area (Å²) in [5.74, 6) is -1.38. The molecule has 0 aliphatic carbocycles. The van der Waals surface area contributed by atoms with Gasteiger partial charge in [0.25, 0.3) is 0 Å². The highest BCUT2D eigenvalue weighted by molar-refractivity contribution is 5.98. The number of amides is 1. The molecule has 1 amide bonds. The standard InChI is InChI=1S/C17H15F4NO/c1-16(11-17(19,20)21,12-7-9-13(18)10-8-12)15(23)22-14-5-3-2-4-6-14/h2-10H,11H2,1H3,(H,22,23). The molecule has 122 valence electrons. The molecule has 0 aliphatic rings. The van der Waals surface area contributed by atoms with E-state index in [0.29, 0.717) is 5.69 Å². The summed E-state index contributed by atoms with van der Waals surface area (Å²) in [5.41, 5.74) is -1.36. The van der Waals surface area contributed by atoms with Crippen LogP contribution in [0.4, 0.5) is 23.2 Å². The van der Waals surface area contributed by atoms with Gasteiger partial charge in [-0.2, -0.15) is 13.2 Å². The van der Waals surface area contributed by atoms with Crippen molar-refractivity contribution in [1.29, 1.82) is 0 Å². The number of hydrogen-bond acceptors (Lipinski definition) is 1. The number of hydrogen-bond donors (Lipinski definition) is 1. The summed E-state index contributed by atoms with van der Waals surface area (Å²) in [6.45, 7) is 1.20. The van der Waals surface area contributed by atoms with Gasteiger partial charge < -0.3 is 5.32 Å². The third-order valence-electron chi connectivity index (χ3n) is 3.57. The van der Waals surface area contributed by atoms with Crippen molar-refractivity contribution < 1.29 is 22.4 Å². The highest BCUT2D eigenvalue weighted by atomic mass is 19.4. The summed E-state index contributed by atoms with van der Waals surface area (Å²) in [4.78, 5) is 12.5. The molecule has 2 aromatic carbocycles. The molecule has 1 N–H and O–H groups in total. The van der Waals surface area contributed by atoms with Crippen LogP contribution in [0.25, 0.3) is 0 Å². The molecule has 1 atom stereocenters. The fourth-order valence-electron chi connectivity index (χ4n) is 2.32. The van der Waals surface area contributed by atoms with E-state index in [1.54, 1.807) is 30.3 Å². The minimum absolute atomic E-state index is 0.102. The lowest BCUT2D eigenvalue weighted by atomic mass is 9.78. The van der Waals surface area contributed by atoms with E-state index in [1.165, 1.54) is 19.1 Å². The zero-order valence-corrected chi connectivity index (χ0v) is 12.3. The van der Waals surface area contributed by atoms with Crippen molar-refractivity contribution in [2.75, 3.05) is 5.32 Å². The predicted octanol–water partition coefficient (Wildman–Crippen LogP) is 4.67. The third kappa shape index (κ3) is 4.31. The van der Waals surface area contributed by atoms with Crippen LogP contribution in [0.15, 0.2) is 54.6 Å². The van der Waals surface area contributed by atoms with Gasteiger partial charge in [-0.15, -0.1) is 0 Å². The molecule has 0 radical (unpaired) electrons. The van der Waals surface area contributed by atoms with Crippen molar-refractivity contribution in [3.8, 4) is 0 Å². The summed E-state index contributed by atoms with van der Waals surface area (Å²) in [6, 6.07) is 12.7. The Labute approximate surface area is 131 Å². The van der Waals surface area contributed by atoms with Gasteiger partial charge in [0.15, 0.2) is 0 Å². The molecular weight excluding hydrogens is 310 g/mol. The molecule has 2 rings (SSSR count). The average Bonchev–Trinajstić information content (AvgIpc) is 2.47. The lowest BCUT2D eigenvalue weighted by Gasteiger charge is -2.30. The molecule has 6 heteroatoms. The number of nitrogens with one attached hydrogen (secondary N) is 1. The molecular formula is C17H15F4NO. The van der Waals surface area contributed by atoms with Crippen LogP contribution < -0.4 is 5.32 Å². The first kappa shape index (κ1) is 17.0. The van der Waals surface area contributed by atoms with Crippen molar-refractivity contribution in [2.24, 2.45) is 0 Å². The van der Waals surface area contributed by atoms with Crippen LogP contribution in [0.1, 0.15) is 18.9 Å². The molecule has 0 aromatic heterocycles. The first-order chi connectivity index (χ1) is 10.7. The average molecular weight is 325 g/mol. The maximum atomic E-state index is 13.0. The predicted molar refractivity (Wildman–Crippen MR) is 79.5 cm³/mol. The van der Waals surface area contributed by atoms with E-state index >= 15 is 0 Å². The van der Waals surface area contributed by atoms with E-state index in [1.807, 2.05) is 0 Å². The van der Waals surface area contributed by atoms with Crippen molar-refractivity contribution in [3.05, 3.63) is 66.0 Å². The van der Waals surface area contributed by atoms with Crippen LogP contribution in [0.5, 0.6) is 0 Å². The van der Waals surface area contributed by atoms with E-state index in [4.69, 9.17) is 0 Å². The lowest BCUT2D eigenvalue weighted by Crippen LogP contribution is -2.41. The van der Waals surface area contributed by atoms with E-state index in [0.717, 1.165) is 12.1 Å². The SMILES string of the molecule is CC(CC(F)(F)F)(C(=O)Nc1ccccc1)c1ccc(F)cc1. The van der Waals surface area contributed by atoms with Crippen molar-refractivity contribution >= 4 is 11.6 Å². The third-order valence-corrected chi connectivity index (χ3v) is 3.57. The topological polar surface area (TPSA) is 29.1 Å². The second-order valence-corrected chi connectivity index (χ2v) is 5.45. The molecule has 0 spiro atoms. The van der Waals surface area contributed by atoms with Gasteiger partial charge in [-0.25, -0.2) is 4.39 Å². The number of para-hydroxylation sites is 1. The molecule has 0 saturated carbocycles. The second kappa shape index (κ2) is 6.40. The van der Waals surface area contributed by atoms with Crippen molar-refractivity contribution in [2.45, 2.75) is 24.9 Å². The smallest absolute Gasteiger partial charge is 0.325 e. The van der Waals surface area contributed by atoms with Gasteiger partial charge in [-0.1, -0.05) is 30.3 Å². The maximum absolute atomic E-state index is 13.0. The summed E-state index contributed by atoms with van der Waals surface area (Å²) in [6.07, 6.45) is -5.89. The molecule has 1 unspecified atom stereocenters. The van der Waals surface area contributed by atoms with E-state index in [-0.39, 0.29) is 5.56 Å². The molecule has 23 heavy (non-hydrogen) atoms. The molecule has 0 fully saturated rings. The quantitative estimate of drug-likeness (QED) is 0.813. The van der Waals surface area contributed by atoms with E-state index in [2.05, 4.69) is 5.32 Å². The second-order valence-electron chi connectivity index (χ2n) is 5.45. The highest BCUT2D eigenvalue weighted by Crippen LogP contribution is 2.37. The fourth-order valence-corrected chi connectivity index (χ4v) is 2.32. The normalized spacial score (nSPS) is 14.1. The van der Waals surface area contributed by atoms with Crippen LogP contribution in [0, 0.1) is 5.82 Å². The summed E-state index contributed by atoms with van der Waals surface area (Å²) < 4.78 is 51.9. The summed E-state index contributed by atoms with van der Waals surface area (Å²) in [5, 5.41) is 2.49. The van der Waals surface area contributed by atoms with Crippen LogP contribution in [0.3, 0.4) is 0 Å². The number of carbonyl (C=O) groups is 1. The Morgan fingerprint density at radius 2 is 1.57 bits per heavy atom. The Hall–Kier alpha value is -2.37. The Morgan fingerprint density at radius 1 is 1.00 bits per heavy atom. The monoisotopic (exact) mass is 325 g/mol. The lowest BCUT2D eigenvalue weighted by molar-refractivity contribution is -0.155. The number of alkyl halides is 3. The minimum atomic E-state index is -4.54. The van der Waals surface area contributed by atoms with E-state index < -0.39 is 29.7 Å². The zero-order valence-electron chi connectivity index (χ0n) is 12.3. The number of benzene rings is 2. The minimum Gasteiger partial charge on any atom is -0.325 e. The van der Waals surface area contributed by atoms with Gasteiger partial charge in [0.2, 0.25) is 5.91 Å². The van der Waals surface area contributed by atoms with Gasteiger partial charge in [0, 0.05) is 5.69 Å². The van der Waals surface area contributed by atoms with Crippen LogP contribution >= 0.6 is 0 Å². The van der Waals surface area contributed by atoms with Gasteiger partial charge in [0.05, 0.1) is 11.8 Å². The first-order valence-electron chi connectivity index (χ1n) is 6.90. The molecule has 2 aromatic rings. The first-order valence-corrected chi connectivity index (χ1v) is 6.90. The molecule has 2 nitrogen and oxygen atoms in total. The van der Waals surface area contributed by atoms with Crippen LogP contribution in [-0.2, 0) is 10.2 Å².